The third-order valence-corrected chi connectivity index (χ3v) is 4.70. The fraction of sp³-hybridized carbons (Fsp3) is 0.368. The monoisotopic (exact) mass is 352 g/mol. The summed E-state index contributed by atoms with van der Waals surface area (Å²) < 4.78 is 7.73. The first kappa shape index (κ1) is 16.7. The van der Waals surface area contributed by atoms with Gasteiger partial charge in [0.05, 0.1) is 25.9 Å². The lowest BCUT2D eigenvalue weighted by Crippen LogP contribution is -2.47. The van der Waals surface area contributed by atoms with Gasteiger partial charge in [-0.15, -0.1) is 0 Å². The van der Waals surface area contributed by atoms with Gasteiger partial charge in [-0.2, -0.15) is 5.10 Å². The average Bonchev–Trinajstić information content (AvgIpc) is 3.28. The number of ether oxygens (including phenoxy) is 1. The predicted molar refractivity (Wildman–Crippen MR) is 102 cm³/mol. The van der Waals surface area contributed by atoms with Crippen molar-refractivity contribution in [1.82, 2.24) is 25.0 Å². The number of H-pyrrole nitrogens is 1. The number of hydrogen-bond acceptors (Lipinski definition) is 3. The standard InChI is InChI=1S/C19H24N6O/c1-20-19(21-11-16-9-14-5-3-4-6-17(14)23-16)25-7-8-26-18(13-25)15-10-22-24(2)12-15/h3-6,9-10,12,18,23H,7-8,11,13H2,1-2H3,(H,20,21). The molecule has 3 aromatic rings. The number of nitrogens with one attached hydrogen (secondary N) is 2. The maximum Gasteiger partial charge on any atom is 0.194 e. The fourth-order valence-electron chi connectivity index (χ4n) is 3.38. The Morgan fingerprint density at radius 3 is 3.08 bits per heavy atom. The van der Waals surface area contributed by atoms with Crippen molar-refractivity contribution in [3.05, 3.63) is 54.0 Å². The van der Waals surface area contributed by atoms with Crippen LogP contribution in [0.15, 0.2) is 47.7 Å². The van der Waals surface area contributed by atoms with Crippen molar-refractivity contribution < 1.29 is 4.74 Å². The molecule has 4 rings (SSSR count). The first-order valence-electron chi connectivity index (χ1n) is 8.85. The number of rotatable bonds is 3. The molecule has 0 amide bonds. The Labute approximate surface area is 152 Å². The van der Waals surface area contributed by atoms with E-state index in [1.54, 1.807) is 4.68 Å². The van der Waals surface area contributed by atoms with Crippen molar-refractivity contribution in [3.63, 3.8) is 0 Å². The smallest absolute Gasteiger partial charge is 0.194 e. The maximum atomic E-state index is 5.92. The minimum atomic E-state index is 0.0177. The normalized spacial score (nSPS) is 18.5. The highest BCUT2D eigenvalue weighted by Crippen LogP contribution is 2.21. The largest absolute Gasteiger partial charge is 0.370 e. The Kier molecular flexibility index (Phi) is 4.62. The highest BCUT2D eigenvalue weighted by Gasteiger charge is 2.25. The molecule has 7 heteroatoms. The number of aromatic nitrogens is 3. The van der Waals surface area contributed by atoms with Gasteiger partial charge < -0.3 is 19.9 Å². The van der Waals surface area contributed by atoms with Gasteiger partial charge in [-0.1, -0.05) is 18.2 Å². The Bertz CT molecular complexity index is 879. The van der Waals surface area contributed by atoms with Gasteiger partial charge in [0, 0.05) is 43.6 Å². The number of aromatic amines is 1. The second-order valence-corrected chi connectivity index (χ2v) is 6.54. The number of benzene rings is 1. The number of guanidine groups is 1. The molecule has 0 spiro atoms. The Hall–Kier alpha value is -2.80. The predicted octanol–water partition coefficient (Wildman–Crippen LogP) is 2.05. The quantitative estimate of drug-likeness (QED) is 0.559. The van der Waals surface area contributed by atoms with Crippen LogP contribution in [0.4, 0.5) is 0 Å². The van der Waals surface area contributed by atoms with Gasteiger partial charge in [0.1, 0.15) is 6.10 Å². The van der Waals surface area contributed by atoms with Gasteiger partial charge in [-0.25, -0.2) is 0 Å². The van der Waals surface area contributed by atoms with Crippen LogP contribution in [0, 0.1) is 0 Å². The van der Waals surface area contributed by atoms with E-state index in [0.29, 0.717) is 13.2 Å². The SMILES string of the molecule is CN=C(NCc1cc2ccccc2[nH]1)N1CCOC(c2cnn(C)c2)C1. The summed E-state index contributed by atoms with van der Waals surface area (Å²) in [6, 6.07) is 10.5. The third-order valence-electron chi connectivity index (χ3n) is 4.70. The number of aryl methyl sites for hydroxylation is 1. The van der Waals surface area contributed by atoms with E-state index >= 15 is 0 Å². The number of fused-ring (bicyclic) bond motifs is 1. The fourth-order valence-corrected chi connectivity index (χ4v) is 3.38. The molecule has 136 valence electrons. The molecule has 0 bridgehead atoms. The minimum Gasteiger partial charge on any atom is -0.370 e. The van der Waals surface area contributed by atoms with Crippen LogP contribution < -0.4 is 5.32 Å². The summed E-state index contributed by atoms with van der Waals surface area (Å²) in [7, 11) is 3.74. The Balaban J connectivity index is 1.41. The molecule has 1 aromatic carbocycles. The van der Waals surface area contributed by atoms with Gasteiger partial charge in [-0.3, -0.25) is 9.67 Å². The van der Waals surface area contributed by atoms with Crippen molar-refractivity contribution in [1.29, 1.82) is 0 Å². The van der Waals surface area contributed by atoms with Crippen LogP contribution in [0.1, 0.15) is 17.4 Å². The zero-order chi connectivity index (χ0) is 17.9. The van der Waals surface area contributed by atoms with Crippen LogP contribution in [0.25, 0.3) is 10.9 Å². The van der Waals surface area contributed by atoms with Crippen molar-refractivity contribution in [2.24, 2.45) is 12.0 Å². The maximum absolute atomic E-state index is 5.92. The number of para-hydroxylation sites is 1. The molecule has 7 nitrogen and oxygen atoms in total. The zero-order valence-corrected chi connectivity index (χ0v) is 15.1. The topological polar surface area (TPSA) is 70.5 Å². The lowest BCUT2D eigenvalue weighted by atomic mass is 10.1. The molecule has 2 aromatic heterocycles. The molecule has 1 fully saturated rings. The van der Waals surface area contributed by atoms with Crippen molar-refractivity contribution in [2.75, 3.05) is 26.7 Å². The molecule has 3 heterocycles. The summed E-state index contributed by atoms with van der Waals surface area (Å²) in [5.74, 6) is 0.890. The second-order valence-electron chi connectivity index (χ2n) is 6.54. The Morgan fingerprint density at radius 2 is 2.31 bits per heavy atom. The molecule has 1 saturated heterocycles. The molecule has 1 unspecified atom stereocenters. The summed E-state index contributed by atoms with van der Waals surface area (Å²) >= 11 is 0. The molecule has 26 heavy (non-hydrogen) atoms. The van der Waals surface area contributed by atoms with Crippen LogP contribution in [0.5, 0.6) is 0 Å². The van der Waals surface area contributed by atoms with Crippen LogP contribution in [-0.4, -0.2) is 52.4 Å². The molecule has 2 N–H and O–H groups in total. The van der Waals surface area contributed by atoms with Crippen molar-refractivity contribution in [2.45, 2.75) is 12.6 Å². The zero-order valence-electron chi connectivity index (χ0n) is 15.1. The first-order chi connectivity index (χ1) is 12.7. The van der Waals surface area contributed by atoms with E-state index in [1.165, 1.54) is 5.39 Å². The Morgan fingerprint density at radius 1 is 1.42 bits per heavy atom. The third kappa shape index (κ3) is 3.43. The molecule has 0 aliphatic carbocycles. The lowest BCUT2D eigenvalue weighted by Gasteiger charge is -2.34. The molecule has 0 radical (unpaired) electrons. The van der Waals surface area contributed by atoms with Crippen molar-refractivity contribution >= 4 is 16.9 Å². The number of nitrogens with zero attached hydrogens (tertiary/aromatic N) is 4. The summed E-state index contributed by atoms with van der Waals surface area (Å²) in [5.41, 5.74) is 3.40. The summed E-state index contributed by atoms with van der Waals surface area (Å²) in [5, 5.41) is 8.93. The molecular formula is C19H24N6O. The van der Waals surface area contributed by atoms with Crippen molar-refractivity contribution in [3.8, 4) is 0 Å². The van der Waals surface area contributed by atoms with E-state index in [4.69, 9.17) is 4.74 Å². The highest BCUT2D eigenvalue weighted by molar-refractivity contribution is 5.82. The van der Waals surface area contributed by atoms with E-state index in [0.717, 1.165) is 35.8 Å². The first-order valence-corrected chi connectivity index (χ1v) is 8.85. The van der Waals surface area contributed by atoms with Gasteiger partial charge in [0.15, 0.2) is 5.96 Å². The van der Waals surface area contributed by atoms with Crippen LogP contribution >= 0.6 is 0 Å². The molecule has 0 saturated carbocycles. The lowest BCUT2D eigenvalue weighted by molar-refractivity contribution is -0.00805. The van der Waals surface area contributed by atoms with Gasteiger partial charge in [0.2, 0.25) is 0 Å². The molecule has 1 aliphatic heterocycles. The summed E-state index contributed by atoms with van der Waals surface area (Å²) in [6.45, 7) is 2.96. The summed E-state index contributed by atoms with van der Waals surface area (Å²) in [6.07, 6.45) is 3.90. The number of aliphatic imine (C=N–C) groups is 1. The summed E-state index contributed by atoms with van der Waals surface area (Å²) in [4.78, 5) is 10.1. The van der Waals surface area contributed by atoms with Gasteiger partial charge >= 0.3 is 0 Å². The molecular weight excluding hydrogens is 328 g/mol. The number of hydrogen-bond donors (Lipinski definition) is 2. The van der Waals surface area contributed by atoms with Gasteiger partial charge in [-0.05, 0) is 17.5 Å². The number of morpholine rings is 1. The van der Waals surface area contributed by atoms with Crippen LogP contribution in [0.2, 0.25) is 0 Å². The van der Waals surface area contributed by atoms with E-state index in [1.807, 2.05) is 32.6 Å². The molecule has 1 aliphatic rings. The van der Waals surface area contributed by atoms with E-state index in [2.05, 4.69) is 49.6 Å². The van der Waals surface area contributed by atoms with Gasteiger partial charge in [0.25, 0.3) is 0 Å². The second kappa shape index (κ2) is 7.21. The van der Waals surface area contributed by atoms with E-state index in [-0.39, 0.29) is 6.10 Å². The average molecular weight is 352 g/mol. The van der Waals surface area contributed by atoms with Crippen LogP contribution in [0.3, 0.4) is 0 Å². The highest BCUT2D eigenvalue weighted by atomic mass is 16.5. The van der Waals surface area contributed by atoms with Crippen LogP contribution in [-0.2, 0) is 18.3 Å². The van der Waals surface area contributed by atoms with E-state index < -0.39 is 0 Å². The minimum absolute atomic E-state index is 0.0177. The molecule has 1 atom stereocenters. The van der Waals surface area contributed by atoms with E-state index in [9.17, 15) is 0 Å².